The van der Waals surface area contributed by atoms with Gasteiger partial charge < -0.3 is 20.1 Å². The van der Waals surface area contributed by atoms with Crippen molar-refractivity contribution in [3.63, 3.8) is 0 Å². The van der Waals surface area contributed by atoms with Gasteiger partial charge in [0.25, 0.3) is 0 Å². The van der Waals surface area contributed by atoms with E-state index in [1.807, 2.05) is 6.07 Å². The molecule has 0 fully saturated rings. The van der Waals surface area contributed by atoms with Crippen LogP contribution in [0, 0.1) is 0 Å². The molecular weight excluding hydrogens is 244 g/mol. The molecule has 0 aromatic heterocycles. The number of hydrogen-bond donors (Lipinski definition) is 2. The molecule has 1 aromatic carbocycles. The van der Waals surface area contributed by atoms with Crippen LogP contribution in [0.25, 0.3) is 0 Å². The second kappa shape index (κ2) is 6.99. The quantitative estimate of drug-likeness (QED) is 0.741. The third-order valence-electron chi connectivity index (χ3n) is 2.89. The predicted molar refractivity (Wildman–Crippen MR) is 73.6 cm³/mol. The van der Waals surface area contributed by atoms with Gasteiger partial charge in [0.1, 0.15) is 0 Å². The van der Waals surface area contributed by atoms with Crippen molar-refractivity contribution < 1.29 is 14.3 Å². The van der Waals surface area contributed by atoms with Gasteiger partial charge in [0.2, 0.25) is 12.7 Å². The number of carbonyl (C=O) groups excluding carboxylic acids is 1. The van der Waals surface area contributed by atoms with Gasteiger partial charge in [-0.3, -0.25) is 4.79 Å². The number of hydrogen-bond acceptors (Lipinski definition) is 4. The third kappa shape index (κ3) is 4.13. The van der Waals surface area contributed by atoms with Gasteiger partial charge in [-0.15, -0.1) is 0 Å². The molecule has 0 unspecified atom stereocenters. The molecule has 0 aliphatic carbocycles. The summed E-state index contributed by atoms with van der Waals surface area (Å²) in [5, 5.41) is 6.09. The highest BCUT2D eigenvalue weighted by atomic mass is 16.7. The van der Waals surface area contributed by atoms with Crippen LogP contribution in [0.3, 0.4) is 0 Å². The fourth-order valence-corrected chi connectivity index (χ4v) is 1.83. The van der Waals surface area contributed by atoms with Crippen molar-refractivity contribution in [3.05, 3.63) is 18.2 Å². The van der Waals surface area contributed by atoms with Crippen molar-refractivity contribution in [3.8, 4) is 11.5 Å². The van der Waals surface area contributed by atoms with Crippen LogP contribution in [-0.2, 0) is 4.79 Å². The Balaban J connectivity index is 1.73. The lowest BCUT2D eigenvalue weighted by atomic mass is 10.2. The molecule has 1 aliphatic rings. The van der Waals surface area contributed by atoms with E-state index in [9.17, 15) is 4.79 Å². The van der Waals surface area contributed by atoms with Gasteiger partial charge in [-0.05, 0) is 25.1 Å². The molecule has 0 radical (unpaired) electrons. The monoisotopic (exact) mass is 264 g/mol. The summed E-state index contributed by atoms with van der Waals surface area (Å²) in [5.74, 6) is 1.40. The summed E-state index contributed by atoms with van der Waals surface area (Å²) in [6.07, 6.45) is 2.78. The Labute approximate surface area is 113 Å². The van der Waals surface area contributed by atoms with E-state index in [1.165, 1.54) is 0 Å². The van der Waals surface area contributed by atoms with Gasteiger partial charge in [-0.25, -0.2) is 0 Å². The SMILES string of the molecule is CCCCNCCC(=O)Nc1ccc2c(c1)OCO2. The molecular formula is C14H20N2O3. The number of carbonyl (C=O) groups is 1. The van der Waals surface area contributed by atoms with Crippen molar-refractivity contribution >= 4 is 11.6 Å². The van der Waals surface area contributed by atoms with Gasteiger partial charge in [0.05, 0.1) is 0 Å². The molecule has 2 N–H and O–H groups in total. The molecule has 0 bridgehead atoms. The van der Waals surface area contributed by atoms with Gasteiger partial charge >= 0.3 is 0 Å². The van der Waals surface area contributed by atoms with E-state index >= 15 is 0 Å². The number of fused-ring (bicyclic) bond motifs is 1. The highest BCUT2D eigenvalue weighted by Gasteiger charge is 2.13. The van der Waals surface area contributed by atoms with Crippen molar-refractivity contribution in [2.75, 3.05) is 25.2 Å². The minimum atomic E-state index is 0.00265. The molecule has 1 aromatic rings. The second-order valence-corrected chi connectivity index (χ2v) is 4.47. The maximum Gasteiger partial charge on any atom is 0.231 e. The van der Waals surface area contributed by atoms with Crippen molar-refractivity contribution in [1.82, 2.24) is 5.32 Å². The largest absolute Gasteiger partial charge is 0.454 e. The number of unbranched alkanes of at least 4 members (excludes halogenated alkanes) is 1. The summed E-state index contributed by atoms with van der Waals surface area (Å²) in [7, 11) is 0. The van der Waals surface area contributed by atoms with Gasteiger partial charge in [-0.2, -0.15) is 0 Å². The number of rotatable bonds is 7. The van der Waals surface area contributed by atoms with E-state index in [-0.39, 0.29) is 12.7 Å². The highest BCUT2D eigenvalue weighted by Crippen LogP contribution is 2.34. The zero-order chi connectivity index (χ0) is 13.5. The molecule has 1 amide bonds. The first-order valence-electron chi connectivity index (χ1n) is 6.70. The van der Waals surface area contributed by atoms with E-state index < -0.39 is 0 Å². The molecule has 5 heteroatoms. The summed E-state index contributed by atoms with van der Waals surface area (Å²) in [6, 6.07) is 5.40. The molecule has 0 saturated heterocycles. The topological polar surface area (TPSA) is 59.6 Å². The smallest absolute Gasteiger partial charge is 0.231 e. The van der Waals surface area contributed by atoms with E-state index in [0.29, 0.717) is 18.7 Å². The van der Waals surface area contributed by atoms with Crippen LogP contribution in [0.5, 0.6) is 11.5 Å². The Kier molecular flexibility index (Phi) is 5.03. The number of ether oxygens (including phenoxy) is 2. The lowest BCUT2D eigenvalue weighted by Crippen LogP contribution is -2.22. The molecule has 1 aliphatic heterocycles. The summed E-state index contributed by atoms with van der Waals surface area (Å²) in [4.78, 5) is 11.7. The average molecular weight is 264 g/mol. The lowest BCUT2D eigenvalue weighted by Gasteiger charge is -2.07. The Bertz CT molecular complexity index is 435. The predicted octanol–water partition coefficient (Wildman–Crippen LogP) is 2.13. The first kappa shape index (κ1) is 13.7. The molecule has 0 saturated carbocycles. The number of nitrogens with one attached hydrogen (secondary N) is 2. The first-order chi connectivity index (χ1) is 9.29. The minimum Gasteiger partial charge on any atom is -0.454 e. The lowest BCUT2D eigenvalue weighted by molar-refractivity contribution is -0.116. The summed E-state index contributed by atoms with van der Waals surface area (Å²) < 4.78 is 10.5. The normalized spacial score (nSPS) is 12.5. The van der Waals surface area contributed by atoms with E-state index in [4.69, 9.17) is 9.47 Å². The maximum atomic E-state index is 11.7. The Morgan fingerprint density at radius 1 is 1.26 bits per heavy atom. The molecule has 104 valence electrons. The Hall–Kier alpha value is -1.75. The van der Waals surface area contributed by atoms with Gasteiger partial charge in [-0.1, -0.05) is 13.3 Å². The zero-order valence-corrected chi connectivity index (χ0v) is 11.2. The molecule has 5 nitrogen and oxygen atoms in total. The molecule has 19 heavy (non-hydrogen) atoms. The maximum absolute atomic E-state index is 11.7. The van der Waals surface area contributed by atoms with E-state index in [2.05, 4.69) is 17.6 Å². The summed E-state index contributed by atoms with van der Waals surface area (Å²) >= 11 is 0. The van der Waals surface area contributed by atoms with Crippen molar-refractivity contribution in [2.45, 2.75) is 26.2 Å². The fraction of sp³-hybridized carbons (Fsp3) is 0.500. The number of anilines is 1. The minimum absolute atomic E-state index is 0.00265. The van der Waals surface area contributed by atoms with Crippen LogP contribution in [0.4, 0.5) is 5.69 Å². The van der Waals surface area contributed by atoms with Crippen LogP contribution in [0.1, 0.15) is 26.2 Å². The van der Waals surface area contributed by atoms with Crippen LogP contribution in [0.2, 0.25) is 0 Å². The molecule has 0 spiro atoms. The average Bonchev–Trinajstić information content (AvgIpc) is 2.86. The standard InChI is InChI=1S/C14H20N2O3/c1-2-3-7-15-8-6-14(17)16-11-4-5-12-13(9-11)19-10-18-12/h4-5,9,15H,2-3,6-8,10H2,1H3,(H,16,17). The zero-order valence-electron chi connectivity index (χ0n) is 11.2. The van der Waals surface area contributed by atoms with Crippen LogP contribution >= 0.6 is 0 Å². The first-order valence-corrected chi connectivity index (χ1v) is 6.70. The number of benzene rings is 1. The summed E-state index contributed by atoms with van der Waals surface area (Å²) in [5.41, 5.74) is 0.739. The van der Waals surface area contributed by atoms with E-state index in [1.54, 1.807) is 12.1 Å². The van der Waals surface area contributed by atoms with Gasteiger partial charge in [0.15, 0.2) is 11.5 Å². The second-order valence-electron chi connectivity index (χ2n) is 4.47. The third-order valence-corrected chi connectivity index (χ3v) is 2.89. The molecule has 1 heterocycles. The van der Waals surface area contributed by atoms with Crippen LogP contribution in [0.15, 0.2) is 18.2 Å². The van der Waals surface area contributed by atoms with Crippen LogP contribution < -0.4 is 20.1 Å². The number of amides is 1. The molecule has 0 atom stereocenters. The van der Waals surface area contributed by atoms with E-state index in [0.717, 1.165) is 30.8 Å². The fourth-order valence-electron chi connectivity index (χ4n) is 1.83. The van der Waals surface area contributed by atoms with Crippen molar-refractivity contribution in [2.24, 2.45) is 0 Å². The Morgan fingerprint density at radius 2 is 2.11 bits per heavy atom. The van der Waals surface area contributed by atoms with Gasteiger partial charge in [0, 0.05) is 24.7 Å². The summed E-state index contributed by atoms with van der Waals surface area (Å²) in [6.45, 7) is 4.06. The van der Waals surface area contributed by atoms with Crippen LogP contribution in [-0.4, -0.2) is 25.8 Å². The highest BCUT2D eigenvalue weighted by molar-refractivity contribution is 5.91. The Morgan fingerprint density at radius 3 is 2.95 bits per heavy atom. The van der Waals surface area contributed by atoms with Crippen molar-refractivity contribution in [1.29, 1.82) is 0 Å². The molecule has 2 rings (SSSR count).